The number of nitrogens with one attached hydrogen (secondary N) is 3. The molecular formula is C30H34N4O2. The highest BCUT2D eigenvalue weighted by Gasteiger charge is 2.20. The average molecular weight is 483 g/mol. The highest BCUT2D eigenvalue weighted by Crippen LogP contribution is 2.26. The van der Waals surface area contributed by atoms with Gasteiger partial charge in [-0.1, -0.05) is 56.0 Å². The normalized spacial score (nSPS) is 15.4. The molecule has 0 spiro atoms. The zero-order valence-corrected chi connectivity index (χ0v) is 21.0. The van der Waals surface area contributed by atoms with Gasteiger partial charge in [-0.3, -0.25) is 9.59 Å². The Morgan fingerprint density at radius 3 is 2.50 bits per heavy atom. The van der Waals surface area contributed by atoms with Crippen LogP contribution < -0.4 is 10.6 Å². The summed E-state index contributed by atoms with van der Waals surface area (Å²) in [6.45, 7) is 3.93. The number of carbonyl (C=O) groups is 2. The predicted octanol–water partition coefficient (Wildman–Crippen LogP) is 6.90. The molecule has 36 heavy (non-hydrogen) atoms. The lowest BCUT2D eigenvalue weighted by Crippen LogP contribution is -2.22. The molecule has 1 aromatic heterocycles. The number of aromatic nitrogens is 2. The van der Waals surface area contributed by atoms with Crippen LogP contribution in [0.15, 0.2) is 78.5 Å². The highest BCUT2D eigenvalue weighted by atomic mass is 16.2. The number of hydrogen-bond donors (Lipinski definition) is 3. The van der Waals surface area contributed by atoms with E-state index in [1.165, 1.54) is 12.8 Å². The van der Waals surface area contributed by atoms with E-state index in [2.05, 4.69) is 20.6 Å². The van der Waals surface area contributed by atoms with Crippen LogP contribution in [0.4, 0.5) is 5.69 Å². The topological polar surface area (TPSA) is 86.9 Å². The second kappa shape index (κ2) is 12.2. The molecule has 1 aliphatic rings. The number of benzene rings is 2. The molecule has 186 valence electrons. The van der Waals surface area contributed by atoms with Crippen molar-refractivity contribution in [1.82, 2.24) is 15.3 Å². The third-order valence-corrected chi connectivity index (χ3v) is 6.51. The van der Waals surface area contributed by atoms with Crippen molar-refractivity contribution in [3.05, 3.63) is 84.1 Å². The monoisotopic (exact) mass is 482 g/mol. The van der Waals surface area contributed by atoms with Crippen LogP contribution in [0.1, 0.15) is 62.7 Å². The molecule has 1 fully saturated rings. The van der Waals surface area contributed by atoms with Gasteiger partial charge in [0.2, 0.25) is 5.91 Å². The number of nitrogens with zero attached hydrogens (tertiary/aromatic N) is 1. The number of anilines is 1. The van der Waals surface area contributed by atoms with Crippen molar-refractivity contribution < 1.29 is 9.59 Å². The number of H-pyrrole nitrogens is 1. The number of amides is 2. The molecular weight excluding hydrogens is 448 g/mol. The van der Waals surface area contributed by atoms with E-state index in [4.69, 9.17) is 0 Å². The number of aromatic amines is 1. The summed E-state index contributed by atoms with van der Waals surface area (Å²) in [5.41, 5.74) is 4.96. The van der Waals surface area contributed by atoms with E-state index < -0.39 is 0 Å². The molecule has 0 atom stereocenters. The minimum atomic E-state index is -0.171. The number of allylic oxidation sites excluding steroid dienone is 5. The fourth-order valence-electron chi connectivity index (χ4n) is 4.43. The largest absolute Gasteiger partial charge is 0.338 e. The first-order valence-corrected chi connectivity index (χ1v) is 12.7. The minimum Gasteiger partial charge on any atom is -0.338 e. The Morgan fingerprint density at radius 1 is 1.03 bits per heavy atom. The Kier molecular flexibility index (Phi) is 8.50. The van der Waals surface area contributed by atoms with Crippen LogP contribution in [0.2, 0.25) is 0 Å². The van der Waals surface area contributed by atoms with E-state index in [1.54, 1.807) is 18.3 Å². The first kappa shape index (κ1) is 25.2. The molecule has 2 aromatic carbocycles. The third-order valence-electron chi connectivity index (χ3n) is 6.51. The van der Waals surface area contributed by atoms with Gasteiger partial charge in [-0.05, 0) is 68.7 Å². The van der Waals surface area contributed by atoms with Gasteiger partial charge in [0.15, 0.2) is 0 Å². The van der Waals surface area contributed by atoms with E-state index in [9.17, 15) is 9.59 Å². The van der Waals surface area contributed by atoms with E-state index >= 15 is 0 Å². The molecule has 0 radical (unpaired) electrons. The number of hydrogen-bond acceptors (Lipinski definition) is 3. The van der Waals surface area contributed by atoms with E-state index in [0.717, 1.165) is 53.5 Å². The highest BCUT2D eigenvalue weighted by molar-refractivity contribution is 5.96. The van der Waals surface area contributed by atoms with Gasteiger partial charge in [0.25, 0.3) is 5.91 Å². The molecule has 0 bridgehead atoms. The zero-order chi connectivity index (χ0) is 25.3. The van der Waals surface area contributed by atoms with Crippen molar-refractivity contribution in [2.45, 2.75) is 52.4 Å². The quantitative estimate of drug-likeness (QED) is 0.253. The Morgan fingerprint density at radius 2 is 1.78 bits per heavy atom. The van der Waals surface area contributed by atoms with Gasteiger partial charge in [0.05, 0.1) is 11.0 Å². The van der Waals surface area contributed by atoms with Crippen molar-refractivity contribution in [3.8, 4) is 11.4 Å². The smallest absolute Gasteiger partial charge is 0.255 e. The van der Waals surface area contributed by atoms with Crippen molar-refractivity contribution in [1.29, 1.82) is 0 Å². The molecule has 2 amide bonds. The Bertz CT molecular complexity index is 1290. The fraction of sp³-hybridized carbons (Fsp3) is 0.300. The van der Waals surface area contributed by atoms with Crippen LogP contribution in [-0.4, -0.2) is 21.8 Å². The number of rotatable bonds is 7. The van der Waals surface area contributed by atoms with Gasteiger partial charge in [-0.25, -0.2) is 4.98 Å². The summed E-state index contributed by atoms with van der Waals surface area (Å²) in [5.74, 6) is 0.762. The molecule has 3 N–H and O–H groups in total. The SMILES string of the molecule is C\C=C/C=C(C)\C=C\NC(=O)c1ccc(-c2nc3ccc(NC(=O)C4CCCCCC4)cc3[nH]2)cc1. The molecule has 1 aliphatic carbocycles. The second-order valence-electron chi connectivity index (χ2n) is 9.32. The summed E-state index contributed by atoms with van der Waals surface area (Å²) in [5, 5.41) is 5.88. The lowest BCUT2D eigenvalue weighted by molar-refractivity contribution is -0.120. The first-order valence-electron chi connectivity index (χ1n) is 12.7. The van der Waals surface area contributed by atoms with Crippen molar-refractivity contribution in [2.24, 2.45) is 5.92 Å². The van der Waals surface area contributed by atoms with E-state index in [1.807, 2.05) is 68.5 Å². The Labute approximate surface area is 212 Å². The lowest BCUT2D eigenvalue weighted by atomic mass is 9.99. The van der Waals surface area contributed by atoms with Crippen molar-refractivity contribution >= 4 is 28.5 Å². The summed E-state index contributed by atoms with van der Waals surface area (Å²) >= 11 is 0. The predicted molar refractivity (Wildman–Crippen MR) is 147 cm³/mol. The lowest BCUT2D eigenvalue weighted by Gasteiger charge is -2.14. The van der Waals surface area contributed by atoms with Gasteiger partial charge < -0.3 is 15.6 Å². The standard InChI is InChI=1S/C30H34N4O2/c1-3-4-9-21(2)18-19-31-29(35)24-14-12-22(13-15-24)28-33-26-17-16-25(20-27(26)34-28)32-30(36)23-10-7-5-6-8-11-23/h3-4,9,12-20,23H,5-8,10-11H2,1-2H3,(H,31,35)(H,32,36)(H,33,34)/b4-3-,19-18+,21-9-. The number of imidazole rings is 1. The maximum atomic E-state index is 12.7. The molecule has 0 saturated heterocycles. The van der Waals surface area contributed by atoms with Gasteiger partial charge in [0.1, 0.15) is 5.82 Å². The maximum absolute atomic E-state index is 12.7. The van der Waals surface area contributed by atoms with Crippen LogP contribution in [0, 0.1) is 5.92 Å². The zero-order valence-electron chi connectivity index (χ0n) is 21.0. The molecule has 3 aromatic rings. The van der Waals surface area contributed by atoms with Gasteiger partial charge in [-0.15, -0.1) is 0 Å². The Hall–Kier alpha value is -3.93. The molecule has 1 heterocycles. The summed E-state index contributed by atoms with van der Waals surface area (Å²) in [4.78, 5) is 33.2. The van der Waals surface area contributed by atoms with Gasteiger partial charge >= 0.3 is 0 Å². The van der Waals surface area contributed by atoms with Crippen molar-refractivity contribution in [2.75, 3.05) is 5.32 Å². The Balaban J connectivity index is 1.41. The maximum Gasteiger partial charge on any atom is 0.255 e. The molecule has 0 aliphatic heterocycles. The summed E-state index contributed by atoms with van der Waals surface area (Å²) in [6, 6.07) is 13.1. The van der Waals surface area contributed by atoms with Gasteiger partial charge in [0, 0.05) is 28.9 Å². The van der Waals surface area contributed by atoms with Crippen molar-refractivity contribution in [3.63, 3.8) is 0 Å². The van der Waals surface area contributed by atoms with Crippen LogP contribution in [0.3, 0.4) is 0 Å². The average Bonchev–Trinajstić information content (AvgIpc) is 3.11. The first-order chi connectivity index (χ1) is 17.5. The summed E-state index contributed by atoms with van der Waals surface area (Å²) in [7, 11) is 0. The fourth-order valence-corrected chi connectivity index (χ4v) is 4.43. The molecule has 1 saturated carbocycles. The van der Waals surface area contributed by atoms with Crippen LogP contribution >= 0.6 is 0 Å². The summed E-state index contributed by atoms with van der Waals surface area (Å²) in [6.07, 6.45) is 16.0. The summed E-state index contributed by atoms with van der Waals surface area (Å²) < 4.78 is 0. The van der Waals surface area contributed by atoms with Gasteiger partial charge in [-0.2, -0.15) is 0 Å². The molecule has 6 heteroatoms. The molecule has 6 nitrogen and oxygen atoms in total. The number of carbonyl (C=O) groups excluding carboxylic acids is 2. The van der Waals surface area contributed by atoms with E-state index in [-0.39, 0.29) is 17.7 Å². The molecule has 4 rings (SSSR count). The van der Waals surface area contributed by atoms with Crippen LogP contribution in [0.25, 0.3) is 22.4 Å². The third kappa shape index (κ3) is 6.60. The minimum absolute atomic E-state index is 0.102. The van der Waals surface area contributed by atoms with E-state index in [0.29, 0.717) is 11.4 Å². The van der Waals surface area contributed by atoms with Crippen LogP contribution in [0.5, 0.6) is 0 Å². The molecule has 0 unspecified atom stereocenters. The van der Waals surface area contributed by atoms with Crippen LogP contribution in [-0.2, 0) is 4.79 Å². The number of fused-ring (bicyclic) bond motifs is 1. The second-order valence-corrected chi connectivity index (χ2v) is 9.32.